The van der Waals surface area contributed by atoms with Crippen molar-refractivity contribution in [2.24, 2.45) is 0 Å². The average molecular weight is 194 g/mol. The predicted octanol–water partition coefficient (Wildman–Crippen LogP) is 2.80. The van der Waals surface area contributed by atoms with Gasteiger partial charge in [-0.25, -0.2) is 0 Å². The normalized spacial score (nSPS) is 31.6. The summed E-state index contributed by atoms with van der Waals surface area (Å²) >= 11 is 0. The second kappa shape index (κ2) is 2.64. The maximum absolute atomic E-state index is 5.99. The predicted molar refractivity (Wildman–Crippen MR) is 58.2 cm³/mol. The molecule has 3 heteroatoms. The monoisotopic (exact) mass is 194 g/mol. The summed E-state index contributed by atoms with van der Waals surface area (Å²) in [7, 11) is -0.0926. The van der Waals surface area contributed by atoms with E-state index >= 15 is 0 Å². The van der Waals surface area contributed by atoms with Gasteiger partial charge in [0, 0.05) is 5.31 Å². The highest BCUT2D eigenvalue weighted by molar-refractivity contribution is 6.51. The fourth-order valence-corrected chi connectivity index (χ4v) is 1.76. The van der Waals surface area contributed by atoms with Crippen molar-refractivity contribution in [2.75, 3.05) is 0 Å². The molecule has 0 aromatic heterocycles. The zero-order chi connectivity index (χ0) is 10.6. The van der Waals surface area contributed by atoms with Gasteiger partial charge in [0.15, 0.2) is 0 Å². The van der Waals surface area contributed by atoms with Crippen LogP contribution in [0.25, 0.3) is 0 Å². The van der Waals surface area contributed by atoms with E-state index in [1.165, 1.54) is 0 Å². The fraction of sp³-hybridized carbons (Fsp3) is 0.818. The van der Waals surface area contributed by atoms with E-state index in [2.05, 4.69) is 34.3 Å². The van der Waals surface area contributed by atoms with Gasteiger partial charge >= 0.3 is 7.12 Å². The van der Waals surface area contributed by atoms with Crippen LogP contribution in [0.4, 0.5) is 0 Å². The van der Waals surface area contributed by atoms with Gasteiger partial charge in [-0.05, 0) is 40.5 Å². The van der Waals surface area contributed by atoms with Gasteiger partial charge < -0.3 is 9.31 Å². The van der Waals surface area contributed by atoms with Crippen LogP contribution in [0.5, 0.6) is 0 Å². The van der Waals surface area contributed by atoms with Gasteiger partial charge in [-0.1, -0.05) is 6.08 Å². The highest BCUT2D eigenvalue weighted by Crippen LogP contribution is 2.61. The van der Waals surface area contributed by atoms with E-state index in [9.17, 15) is 0 Å². The number of hydrogen-bond acceptors (Lipinski definition) is 2. The van der Waals surface area contributed by atoms with Gasteiger partial charge in [-0.3, -0.25) is 0 Å². The van der Waals surface area contributed by atoms with Crippen LogP contribution in [0.15, 0.2) is 12.7 Å². The van der Waals surface area contributed by atoms with Crippen LogP contribution < -0.4 is 0 Å². The van der Waals surface area contributed by atoms with Crippen LogP contribution in [-0.2, 0) is 9.31 Å². The number of hydrogen-bond donors (Lipinski definition) is 0. The molecule has 1 aliphatic carbocycles. The Morgan fingerprint density at radius 1 is 1.07 bits per heavy atom. The maximum atomic E-state index is 5.99. The maximum Gasteiger partial charge on any atom is 0.468 e. The number of allylic oxidation sites excluding steroid dienone is 1. The third-order valence-electron chi connectivity index (χ3n) is 3.96. The molecule has 0 radical (unpaired) electrons. The molecule has 1 aliphatic heterocycles. The zero-order valence-corrected chi connectivity index (χ0v) is 9.59. The molecule has 2 aliphatic rings. The first-order chi connectivity index (χ1) is 6.33. The molecule has 0 atom stereocenters. The van der Waals surface area contributed by atoms with Crippen molar-refractivity contribution in [3.05, 3.63) is 12.7 Å². The second-order valence-electron chi connectivity index (χ2n) is 5.53. The third-order valence-corrected chi connectivity index (χ3v) is 3.96. The first-order valence-electron chi connectivity index (χ1n) is 5.32. The Hall–Kier alpha value is -0.275. The van der Waals surface area contributed by atoms with Crippen molar-refractivity contribution in [2.45, 2.75) is 57.1 Å². The summed E-state index contributed by atoms with van der Waals surface area (Å²) in [6.45, 7) is 12.2. The molecule has 78 valence electrons. The van der Waals surface area contributed by atoms with Crippen molar-refractivity contribution >= 4 is 7.12 Å². The summed E-state index contributed by atoms with van der Waals surface area (Å²) in [5.74, 6) is 0. The summed E-state index contributed by atoms with van der Waals surface area (Å²) in [6, 6.07) is 0. The van der Waals surface area contributed by atoms with Crippen molar-refractivity contribution < 1.29 is 9.31 Å². The molecule has 1 heterocycles. The SMILES string of the molecule is C=CC1(B2OC(C)(C)C(C)(C)O2)CC1. The lowest BCUT2D eigenvalue weighted by molar-refractivity contribution is 0.00578. The average Bonchev–Trinajstić information content (AvgIpc) is 2.77. The Morgan fingerprint density at radius 3 is 1.79 bits per heavy atom. The fourth-order valence-electron chi connectivity index (χ4n) is 1.76. The summed E-state index contributed by atoms with van der Waals surface area (Å²) in [6.07, 6.45) is 4.29. The zero-order valence-electron chi connectivity index (χ0n) is 9.59. The Morgan fingerprint density at radius 2 is 1.50 bits per heavy atom. The summed E-state index contributed by atoms with van der Waals surface area (Å²) in [5, 5.41) is 0.102. The highest BCUT2D eigenvalue weighted by atomic mass is 16.7. The van der Waals surface area contributed by atoms with Crippen molar-refractivity contribution in [1.29, 1.82) is 0 Å². The van der Waals surface area contributed by atoms with Crippen LogP contribution in [0.3, 0.4) is 0 Å². The topological polar surface area (TPSA) is 18.5 Å². The molecular formula is C11H19BO2. The summed E-state index contributed by atoms with van der Waals surface area (Å²) in [5.41, 5.74) is -0.424. The van der Waals surface area contributed by atoms with E-state index in [4.69, 9.17) is 9.31 Å². The molecule has 1 saturated carbocycles. The molecule has 0 spiro atoms. The largest absolute Gasteiger partial charge is 0.468 e. The lowest BCUT2D eigenvalue weighted by Gasteiger charge is -2.32. The molecule has 0 unspecified atom stereocenters. The highest BCUT2D eigenvalue weighted by Gasteiger charge is 2.62. The minimum Gasteiger partial charge on any atom is -0.403 e. The molecule has 1 saturated heterocycles. The summed E-state index contributed by atoms with van der Waals surface area (Å²) < 4.78 is 12.0. The molecule has 14 heavy (non-hydrogen) atoms. The van der Waals surface area contributed by atoms with E-state index in [0.29, 0.717) is 0 Å². The smallest absolute Gasteiger partial charge is 0.403 e. The van der Waals surface area contributed by atoms with E-state index < -0.39 is 0 Å². The standard InChI is InChI=1S/C11H19BO2/c1-6-11(7-8-11)12-13-9(2,3)10(4,5)14-12/h6H,1,7-8H2,2-5H3. The molecule has 2 fully saturated rings. The van der Waals surface area contributed by atoms with Crippen LogP contribution in [0.1, 0.15) is 40.5 Å². The minimum atomic E-state index is -0.212. The number of rotatable bonds is 2. The molecular weight excluding hydrogens is 175 g/mol. The lowest BCUT2D eigenvalue weighted by atomic mass is 9.68. The Kier molecular flexibility index (Phi) is 1.94. The molecule has 2 nitrogen and oxygen atoms in total. The summed E-state index contributed by atoms with van der Waals surface area (Å²) in [4.78, 5) is 0. The Bertz CT molecular complexity index is 250. The quantitative estimate of drug-likeness (QED) is 0.497. The Labute approximate surface area is 86.8 Å². The first kappa shape index (κ1) is 10.2. The molecule has 0 amide bonds. The van der Waals surface area contributed by atoms with Crippen LogP contribution >= 0.6 is 0 Å². The van der Waals surface area contributed by atoms with E-state index in [1.54, 1.807) is 0 Å². The van der Waals surface area contributed by atoms with E-state index in [0.717, 1.165) is 12.8 Å². The van der Waals surface area contributed by atoms with Gasteiger partial charge in [0.2, 0.25) is 0 Å². The minimum absolute atomic E-state index is 0.0926. The van der Waals surface area contributed by atoms with E-state index in [-0.39, 0.29) is 23.6 Å². The van der Waals surface area contributed by atoms with Gasteiger partial charge in [-0.2, -0.15) is 0 Å². The van der Waals surface area contributed by atoms with Gasteiger partial charge in [-0.15, -0.1) is 6.58 Å². The Balaban J connectivity index is 2.18. The van der Waals surface area contributed by atoms with Gasteiger partial charge in [0.05, 0.1) is 11.2 Å². The van der Waals surface area contributed by atoms with Gasteiger partial charge in [0.1, 0.15) is 0 Å². The molecule has 0 aromatic rings. The molecule has 2 rings (SSSR count). The molecule has 0 bridgehead atoms. The van der Waals surface area contributed by atoms with Gasteiger partial charge in [0.25, 0.3) is 0 Å². The molecule has 0 aromatic carbocycles. The van der Waals surface area contributed by atoms with Crippen molar-refractivity contribution in [3.63, 3.8) is 0 Å². The second-order valence-corrected chi connectivity index (χ2v) is 5.53. The third kappa shape index (κ3) is 1.26. The van der Waals surface area contributed by atoms with Crippen molar-refractivity contribution in [3.8, 4) is 0 Å². The lowest BCUT2D eigenvalue weighted by Crippen LogP contribution is -2.41. The first-order valence-corrected chi connectivity index (χ1v) is 5.32. The van der Waals surface area contributed by atoms with Crippen LogP contribution in [-0.4, -0.2) is 18.3 Å². The van der Waals surface area contributed by atoms with Crippen LogP contribution in [0, 0.1) is 0 Å². The molecule has 0 N–H and O–H groups in total. The van der Waals surface area contributed by atoms with Crippen molar-refractivity contribution in [1.82, 2.24) is 0 Å². The van der Waals surface area contributed by atoms with Crippen LogP contribution in [0.2, 0.25) is 5.31 Å². The van der Waals surface area contributed by atoms with E-state index in [1.807, 2.05) is 6.08 Å².